The van der Waals surface area contributed by atoms with Crippen LogP contribution in [0, 0.1) is 0 Å². The Labute approximate surface area is 181 Å². The van der Waals surface area contributed by atoms with Crippen LogP contribution >= 0.6 is 0 Å². The Morgan fingerprint density at radius 1 is 0.900 bits per heavy atom. The molecule has 4 heteroatoms. The SMILES string of the molecule is COc1cccc(C(CN2CCN(Cc3ccccc3)CC2)C2(O)CCCCC2)c1. The van der Waals surface area contributed by atoms with Crippen molar-refractivity contribution in [1.82, 2.24) is 9.80 Å². The van der Waals surface area contributed by atoms with Crippen LogP contribution in [0.3, 0.4) is 0 Å². The van der Waals surface area contributed by atoms with E-state index in [1.54, 1.807) is 7.11 Å². The molecule has 2 aliphatic rings. The van der Waals surface area contributed by atoms with Crippen LogP contribution < -0.4 is 4.74 Å². The molecule has 1 saturated carbocycles. The first kappa shape index (κ1) is 21.4. The summed E-state index contributed by atoms with van der Waals surface area (Å²) in [6.07, 6.45) is 5.31. The van der Waals surface area contributed by atoms with Crippen molar-refractivity contribution in [1.29, 1.82) is 0 Å². The first-order valence-corrected chi connectivity index (χ1v) is 11.5. The van der Waals surface area contributed by atoms with E-state index in [0.717, 1.165) is 70.7 Å². The zero-order chi connectivity index (χ0) is 20.8. The Morgan fingerprint density at radius 2 is 1.60 bits per heavy atom. The lowest BCUT2D eigenvalue weighted by atomic mass is 9.72. The molecule has 0 aromatic heterocycles. The number of hydrogen-bond acceptors (Lipinski definition) is 4. The summed E-state index contributed by atoms with van der Waals surface area (Å²) in [5, 5.41) is 11.6. The molecule has 2 fully saturated rings. The lowest BCUT2D eigenvalue weighted by molar-refractivity contribution is -0.0344. The summed E-state index contributed by atoms with van der Waals surface area (Å²) in [6, 6.07) is 19.1. The smallest absolute Gasteiger partial charge is 0.119 e. The third kappa shape index (κ3) is 5.23. The van der Waals surface area contributed by atoms with Crippen molar-refractivity contribution in [2.24, 2.45) is 0 Å². The molecule has 4 rings (SSSR count). The summed E-state index contributed by atoms with van der Waals surface area (Å²) in [4.78, 5) is 5.10. The zero-order valence-corrected chi connectivity index (χ0v) is 18.3. The molecule has 2 aromatic carbocycles. The van der Waals surface area contributed by atoms with E-state index >= 15 is 0 Å². The van der Waals surface area contributed by atoms with Crippen molar-refractivity contribution in [3.8, 4) is 5.75 Å². The largest absolute Gasteiger partial charge is 0.497 e. The minimum Gasteiger partial charge on any atom is -0.497 e. The second-order valence-corrected chi connectivity index (χ2v) is 9.06. The number of hydrogen-bond donors (Lipinski definition) is 1. The lowest BCUT2D eigenvalue weighted by Crippen LogP contribution is -2.50. The van der Waals surface area contributed by atoms with E-state index in [4.69, 9.17) is 4.74 Å². The molecule has 1 heterocycles. The van der Waals surface area contributed by atoms with Crippen molar-refractivity contribution in [3.05, 3.63) is 65.7 Å². The highest BCUT2D eigenvalue weighted by Gasteiger charge is 2.40. The van der Waals surface area contributed by atoms with Gasteiger partial charge in [0.05, 0.1) is 12.7 Å². The van der Waals surface area contributed by atoms with Gasteiger partial charge in [0, 0.05) is 45.2 Å². The highest BCUT2D eigenvalue weighted by molar-refractivity contribution is 5.33. The number of nitrogens with zero attached hydrogens (tertiary/aromatic N) is 2. The van der Waals surface area contributed by atoms with Crippen molar-refractivity contribution in [2.75, 3.05) is 39.8 Å². The minimum atomic E-state index is -0.605. The van der Waals surface area contributed by atoms with Crippen LogP contribution in [0.25, 0.3) is 0 Å². The molecule has 1 aliphatic heterocycles. The highest BCUT2D eigenvalue weighted by atomic mass is 16.5. The van der Waals surface area contributed by atoms with E-state index in [2.05, 4.69) is 58.3 Å². The molecule has 2 aromatic rings. The van der Waals surface area contributed by atoms with Crippen molar-refractivity contribution < 1.29 is 9.84 Å². The molecule has 1 N–H and O–H groups in total. The van der Waals surface area contributed by atoms with E-state index in [9.17, 15) is 5.11 Å². The Bertz CT molecular complexity index is 781. The van der Waals surface area contributed by atoms with Gasteiger partial charge in [-0.1, -0.05) is 61.7 Å². The van der Waals surface area contributed by atoms with Crippen LogP contribution in [0.1, 0.15) is 49.1 Å². The fraction of sp³-hybridized carbons (Fsp3) is 0.538. The maximum Gasteiger partial charge on any atom is 0.119 e. The van der Waals surface area contributed by atoms with Gasteiger partial charge in [-0.25, -0.2) is 0 Å². The Morgan fingerprint density at radius 3 is 2.30 bits per heavy atom. The molecule has 0 spiro atoms. The normalized spacial score (nSPS) is 21.3. The molecule has 0 bridgehead atoms. The summed E-state index contributed by atoms with van der Waals surface area (Å²) in [5.74, 6) is 1.01. The van der Waals surface area contributed by atoms with Crippen molar-refractivity contribution >= 4 is 0 Å². The molecule has 4 nitrogen and oxygen atoms in total. The van der Waals surface area contributed by atoms with Gasteiger partial charge < -0.3 is 14.7 Å². The van der Waals surface area contributed by atoms with Crippen molar-refractivity contribution in [2.45, 2.75) is 50.2 Å². The first-order chi connectivity index (χ1) is 14.7. The standard InChI is InChI=1S/C26H36N2O2/c1-30-24-12-8-11-23(19-24)25(26(29)13-6-3-7-14-26)21-28-17-15-27(16-18-28)20-22-9-4-2-5-10-22/h2,4-5,8-12,19,25,29H,3,6-7,13-18,20-21H2,1H3. The molecular weight excluding hydrogens is 372 g/mol. The van der Waals surface area contributed by atoms with Crippen molar-refractivity contribution in [3.63, 3.8) is 0 Å². The number of piperazine rings is 1. The van der Waals surface area contributed by atoms with Crippen LogP contribution in [-0.4, -0.2) is 60.3 Å². The van der Waals surface area contributed by atoms with Gasteiger partial charge in [0.2, 0.25) is 0 Å². The van der Waals surface area contributed by atoms with Gasteiger partial charge in [-0.05, 0) is 36.1 Å². The molecular formula is C26H36N2O2. The van der Waals surface area contributed by atoms with E-state index in [0.29, 0.717) is 0 Å². The molecule has 1 aliphatic carbocycles. The number of ether oxygens (including phenoxy) is 1. The van der Waals surface area contributed by atoms with E-state index in [-0.39, 0.29) is 5.92 Å². The third-order valence-electron chi connectivity index (χ3n) is 7.02. The van der Waals surface area contributed by atoms with Gasteiger partial charge in [-0.15, -0.1) is 0 Å². The second kappa shape index (κ2) is 9.95. The molecule has 30 heavy (non-hydrogen) atoms. The quantitative estimate of drug-likeness (QED) is 0.741. The van der Waals surface area contributed by atoms with Gasteiger partial charge in [-0.3, -0.25) is 4.90 Å². The summed E-state index contributed by atoms with van der Waals surface area (Å²) < 4.78 is 5.48. The van der Waals surface area contributed by atoms with Gasteiger partial charge in [0.15, 0.2) is 0 Å². The maximum absolute atomic E-state index is 11.6. The summed E-state index contributed by atoms with van der Waals surface area (Å²) >= 11 is 0. The fourth-order valence-corrected chi connectivity index (χ4v) is 5.19. The number of benzene rings is 2. The third-order valence-corrected chi connectivity index (χ3v) is 7.02. The molecule has 162 valence electrons. The Hall–Kier alpha value is -1.88. The van der Waals surface area contributed by atoms with Gasteiger partial charge in [0.1, 0.15) is 5.75 Å². The zero-order valence-electron chi connectivity index (χ0n) is 18.3. The van der Waals surface area contributed by atoms with Gasteiger partial charge >= 0.3 is 0 Å². The van der Waals surface area contributed by atoms with Crippen LogP contribution in [0.15, 0.2) is 54.6 Å². The first-order valence-electron chi connectivity index (χ1n) is 11.5. The average Bonchev–Trinajstić information content (AvgIpc) is 2.79. The molecule has 0 amide bonds. The van der Waals surface area contributed by atoms with Crippen LogP contribution in [0.4, 0.5) is 0 Å². The highest BCUT2D eigenvalue weighted by Crippen LogP contribution is 2.41. The second-order valence-electron chi connectivity index (χ2n) is 9.06. The van der Waals surface area contributed by atoms with E-state index in [1.165, 1.54) is 17.5 Å². The Balaban J connectivity index is 1.43. The van der Waals surface area contributed by atoms with Crippen LogP contribution in [0.2, 0.25) is 0 Å². The predicted octanol–water partition coefficient (Wildman–Crippen LogP) is 4.29. The summed E-state index contributed by atoms with van der Waals surface area (Å²) in [5.41, 5.74) is 1.99. The van der Waals surface area contributed by atoms with Gasteiger partial charge in [-0.2, -0.15) is 0 Å². The van der Waals surface area contributed by atoms with E-state index in [1.807, 2.05) is 6.07 Å². The molecule has 1 atom stereocenters. The van der Waals surface area contributed by atoms with Crippen LogP contribution in [-0.2, 0) is 6.54 Å². The maximum atomic E-state index is 11.6. The Kier molecular flexibility index (Phi) is 7.08. The van der Waals surface area contributed by atoms with E-state index < -0.39 is 5.60 Å². The summed E-state index contributed by atoms with van der Waals surface area (Å²) in [6.45, 7) is 6.23. The predicted molar refractivity (Wildman–Crippen MR) is 122 cm³/mol. The average molecular weight is 409 g/mol. The minimum absolute atomic E-state index is 0.133. The number of rotatable bonds is 7. The molecule has 1 saturated heterocycles. The fourth-order valence-electron chi connectivity index (χ4n) is 5.19. The lowest BCUT2D eigenvalue weighted by Gasteiger charge is -2.43. The topological polar surface area (TPSA) is 35.9 Å². The summed E-state index contributed by atoms with van der Waals surface area (Å²) in [7, 11) is 1.72. The molecule has 0 radical (unpaired) electrons. The number of methoxy groups -OCH3 is 1. The van der Waals surface area contributed by atoms with Gasteiger partial charge in [0.25, 0.3) is 0 Å². The molecule has 1 unspecified atom stereocenters. The van der Waals surface area contributed by atoms with Crippen LogP contribution in [0.5, 0.6) is 5.75 Å². The number of aliphatic hydroxyl groups is 1. The monoisotopic (exact) mass is 408 g/mol.